The van der Waals surface area contributed by atoms with Crippen LogP contribution in [0.5, 0.6) is 0 Å². The zero-order chi connectivity index (χ0) is 0. The van der Waals surface area contributed by atoms with Crippen molar-refractivity contribution in [3.8, 4) is 0 Å². The van der Waals surface area contributed by atoms with Gasteiger partial charge in [-0.25, -0.2) is 0 Å². The molecule has 0 atom stereocenters. The lowest BCUT2D eigenvalue weighted by atomic mass is 14.0. The SMILES string of the molecule is N.O.[SiH4].[SiH4]. The summed E-state index contributed by atoms with van der Waals surface area (Å²) in [6.07, 6.45) is 0. The molecule has 0 saturated carbocycles. The second-order valence-corrected chi connectivity index (χ2v) is 0. The van der Waals surface area contributed by atoms with Crippen LogP contribution in [0.3, 0.4) is 0 Å². The van der Waals surface area contributed by atoms with Crippen LogP contribution in [-0.2, 0) is 0 Å². The van der Waals surface area contributed by atoms with Gasteiger partial charge in [-0.05, 0) is 21.9 Å². The summed E-state index contributed by atoms with van der Waals surface area (Å²) < 4.78 is 0. The summed E-state index contributed by atoms with van der Waals surface area (Å²) in [6, 6.07) is 0. The van der Waals surface area contributed by atoms with Gasteiger partial charge in [0.15, 0.2) is 0 Å². The molecule has 0 bridgehead atoms. The molecular formula is H13NOSi2. The Morgan fingerprint density at radius 1 is 0.750 bits per heavy atom. The Balaban J connectivity index is 0. The Labute approximate surface area is 34.5 Å². The lowest BCUT2D eigenvalue weighted by Crippen LogP contribution is -0.481. The van der Waals surface area contributed by atoms with Crippen molar-refractivity contribution in [2.24, 2.45) is 0 Å². The maximum Gasteiger partial charge on any atom is -0.0149 e. The molecular weight excluding hydrogens is 86.2 g/mol. The van der Waals surface area contributed by atoms with Crippen LogP contribution in [0.4, 0.5) is 0 Å². The predicted molar refractivity (Wildman–Crippen MR) is 31.3 cm³/mol. The Kier molecular flexibility index (Phi) is 14500. The fourth-order valence-corrected chi connectivity index (χ4v) is 0. The van der Waals surface area contributed by atoms with Crippen molar-refractivity contribution in [2.75, 3.05) is 0 Å². The Hall–Kier alpha value is 0.354. The van der Waals surface area contributed by atoms with Crippen molar-refractivity contribution in [3.05, 3.63) is 0 Å². The normalized spacial score (nSPS) is 0. The minimum Gasteiger partial charge on any atom is -0.412 e. The van der Waals surface area contributed by atoms with Gasteiger partial charge in [0, 0.05) is 0 Å². The van der Waals surface area contributed by atoms with Crippen LogP contribution >= 0.6 is 0 Å². The zero-order valence-corrected chi connectivity index (χ0v) is 1.21. The van der Waals surface area contributed by atoms with Crippen molar-refractivity contribution >= 4 is 21.9 Å². The van der Waals surface area contributed by atoms with E-state index in [4.69, 9.17) is 0 Å². The second kappa shape index (κ2) is 148. The van der Waals surface area contributed by atoms with Crippen molar-refractivity contribution in [1.82, 2.24) is 6.15 Å². The van der Waals surface area contributed by atoms with E-state index in [1.807, 2.05) is 0 Å². The molecule has 0 amide bonds. The zero-order valence-electron chi connectivity index (χ0n) is 1.21. The largest absolute Gasteiger partial charge is 0.412 e. The summed E-state index contributed by atoms with van der Waals surface area (Å²) in [5.74, 6) is 0. The topological polar surface area (TPSA) is 66.5 Å². The fourth-order valence-electron chi connectivity index (χ4n) is 0. The summed E-state index contributed by atoms with van der Waals surface area (Å²) in [5, 5.41) is 0. The first kappa shape index (κ1) is 391. The molecule has 5 N–H and O–H groups in total. The lowest BCUT2D eigenvalue weighted by Gasteiger charge is -0.412. The van der Waals surface area contributed by atoms with E-state index in [9.17, 15) is 0 Å². The van der Waals surface area contributed by atoms with Crippen LogP contribution in [0.25, 0.3) is 0 Å². The van der Waals surface area contributed by atoms with E-state index in [0.29, 0.717) is 0 Å². The summed E-state index contributed by atoms with van der Waals surface area (Å²) in [4.78, 5) is 0. The first-order valence-electron chi connectivity index (χ1n) is 0. The van der Waals surface area contributed by atoms with Crippen LogP contribution < -0.4 is 6.15 Å². The molecule has 2 nitrogen and oxygen atoms in total. The average Bonchev–Trinajstić information content (AvgIpc) is 0. The molecule has 0 radical (unpaired) electrons. The molecule has 4 heavy (non-hydrogen) atoms. The Morgan fingerprint density at radius 3 is 0.750 bits per heavy atom. The van der Waals surface area contributed by atoms with E-state index in [0.717, 1.165) is 0 Å². The predicted octanol–water partition coefficient (Wildman–Crippen LogP) is -3.57. The molecule has 32 valence electrons. The smallest absolute Gasteiger partial charge is 0.0149 e. The van der Waals surface area contributed by atoms with E-state index in [1.165, 1.54) is 0 Å². The minimum absolute atomic E-state index is 0. The third-order valence-electron chi connectivity index (χ3n) is 0. The van der Waals surface area contributed by atoms with Crippen LogP contribution in [0.2, 0.25) is 0 Å². The highest BCUT2D eigenvalue weighted by Gasteiger charge is -0.0138. The minimum atomic E-state index is 0. The summed E-state index contributed by atoms with van der Waals surface area (Å²) >= 11 is 0. The Bertz CT molecular complexity index is 6.00. The monoisotopic (exact) mass is 99.1 g/mol. The molecule has 0 aromatic heterocycles. The van der Waals surface area contributed by atoms with E-state index in [1.54, 1.807) is 0 Å². The summed E-state index contributed by atoms with van der Waals surface area (Å²) in [6.45, 7) is 0. The maximum absolute atomic E-state index is 0. The van der Waals surface area contributed by atoms with Crippen LogP contribution in [0.1, 0.15) is 0 Å². The van der Waals surface area contributed by atoms with Gasteiger partial charge >= 0.3 is 0 Å². The standard InChI is InChI=1S/H3N.H2O.2H4Si/h1H3;1H2;2*1H4. The molecule has 0 spiro atoms. The third kappa shape index (κ3) is 34.5. The third-order valence-corrected chi connectivity index (χ3v) is 0. The molecule has 0 heterocycles. The molecule has 0 fully saturated rings. The van der Waals surface area contributed by atoms with Gasteiger partial charge in [-0.2, -0.15) is 0 Å². The highest BCUT2D eigenvalue weighted by atomic mass is 28.1. The van der Waals surface area contributed by atoms with Crippen molar-refractivity contribution in [3.63, 3.8) is 0 Å². The highest BCUT2D eigenvalue weighted by molar-refractivity contribution is 5.76. The van der Waals surface area contributed by atoms with Gasteiger partial charge in [0.05, 0.1) is 0 Å². The van der Waals surface area contributed by atoms with Gasteiger partial charge in [0.25, 0.3) is 0 Å². The second-order valence-electron chi connectivity index (χ2n) is 0. The molecule has 0 aromatic carbocycles. The highest BCUT2D eigenvalue weighted by Crippen LogP contribution is -0.289. The van der Waals surface area contributed by atoms with Crippen molar-refractivity contribution < 1.29 is 5.48 Å². The molecule has 4 heteroatoms. The number of hydrogen-bond acceptors (Lipinski definition) is 1. The van der Waals surface area contributed by atoms with Crippen LogP contribution in [0, 0.1) is 0 Å². The van der Waals surface area contributed by atoms with Gasteiger partial charge in [0.1, 0.15) is 0 Å². The van der Waals surface area contributed by atoms with Crippen LogP contribution in [0.15, 0.2) is 0 Å². The van der Waals surface area contributed by atoms with Gasteiger partial charge in [-0.1, -0.05) is 0 Å². The first-order chi connectivity index (χ1) is 0. The first-order valence-corrected chi connectivity index (χ1v) is 0. The average molecular weight is 99.3 g/mol. The molecule has 0 aromatic rings. The van der Waals surface area contributed by atoms with Crippen molar-refractivity contribution in [2.45, 2.75) is 0 Å². The van der Waals surface area contributed by atoms with E-state index in [-0.39, 0.29) is 33.6 Å². The van der Waals surface area contributed by atoms with Crippen molar-refractivity contribution in [1.29, 1.82) is 0 Å². The van der Waals surface area contributed by atoms with Crippen LogP contribution in [-0.4, -0.2) is 27.4 Å². The van der Waals surface area contributed by atoms with E-state index >= 15 is 0 Å². The molecule has 0 saturated heterocycles. The molecule has 0 unspecified atom stereocenters. The maximum atomic E-state index is 0. The Morgan fingerprint density at radius 2 is 0.750 bits per heavy atom. The van der Waals surface area contributed by atoms with Gasteiger partial charge in [0.2, 0.25) is 0 Å². The molecule has 0 aliphatic heterocycles. The summed E-state index contributed by atoms with van der Waals surface area (Å²) in [5.41, 5.74) is 0. The van der Waals surface area contributed by atoms with Gasteiger partial charge in [-0.3, -0.25) is 0 Å². The molecule has 0 aliphatic rings. The fraction of sp³-hybridized carbons (Fsp3) is 0. The number of rotatable bonds is 0. The molecule has 0 aliphatic carbocycles. The number of hydrogen-bond donors (Lipinski definition) is 1. The lowest BCUT2D eigenvalue weighted by molar-refractivity contribution is 0.824. The summed E-state index contributed by atoms with van der Waals surface area (Å²) in [7, 11) is 0. The quantitative estimate of drug-likeness (QED) is 0.314. The van der Waals surface area contributed by atoms with E-state index in [2.05, 4.69) is 0 Å². The molecule has 0 rings (SSSR count). The van der Waals surface area contributed by atoms with Gasteiger partial charge in [-0.15, -0.1) is 0 Å². The van der Waals surface area contributed by atoms with Gasteiger partial charge < -0.3 is 11.6 Å². The van der Waals surface area contributed by atoms with E-state index < -0.39 is 0 Å².